The maximum Gasteiger partial charge on any atom is 0.201 e. The molecule has 0 amide bonds. The largest absolute Gasteiger partial charge is 0.369 e. The van der Waals surface area contributed by atoms with Crippen LogP contribution in [-0.4, -0.2) is 9.55 Å². The van der Waals surface area contributed by atoms with Crippen LogP contribution in [0, 0.1) is 12.7 Å². The molecule has 1 atom stereocenters. The molecule has 0 fully saturated rings. The minimum absolute atomic E-state index is 0.00278. The molecule has 20 heavy (non-hydrogen) atoms. The monoisotopic (exact) mass is 269 g/mol. The second-order valence-electron chi connectivity index (χ2n) is 5.01. The number of nitrogens with zero attached hydrogens (tertiary/aromatic N) is 2. The van der Waals surface area contributed by atoms with Gasteiger partial charge in [0.05, 0.1) is 17.1 Å². The number of rotatable bonds is 2. The van der Waals surface area contributed by atoms with Gasteiger partial charge in [-0.2, -0.15) is 0 Å². The summed E-state index contributed by atoms with van der Waals surface area (Å²) in [6.45, 7) is 4.10. The topological polar surface area (TPSA) is 43.8 Å². The van der Waals surface area contributed by atoms with Crippen LogP contribution in [0.2, 0.25) is 0 Å². The fourth-order valence-corrected chi connectivity index (χ4v) is 2.69. The third-order valence-corrected chi connectivity index (χ3v) is 3.70. The van der Waals surface area contributed by atoms with Crippen LogP contribution in [0.15, 0.2) is 42.5 Å². The van der Waals surface area contributed by atoms with E-state index in [2.05, 4.69) is 24.0 Å². The van der Waals surface area contributed by atoms with E-state index in [4.69, 9.17) is 5.73 Å². The molecule has 0 aliphatic rings. The van der Waals surface area contributed by atoms with E-state index in [-0.39, 0.29) is 11.9 Å². The molecule has 0 bridgehead atoms. The van der Waals surface area contributed by atoms with Gasteiger partial charge in [0.15, 0.2) is 0 Å². The lowest BCUT2D eigenvalue weighted by Crippen LogP contribution is -2.11. The molecule has 1 unspecified atom stereocenters. The number of anilines is 1. The number of aryl methyl sites for hydroxylation is 1. The highest BCUT2D eigenvalue weighted by Crippen LogP contribution is 2.29. The molecule has 0 aliphatic heterocycles. The van der Waals surface area contributed by atoms with Gasteiger partial charge in [-0.25, -0.2) is 9.37 Å². The second kappa shape index (κ2) is 4.63. The smallest absolute Gasteiger partial charge is 0.201 e. The maximum absolute atomic E-state index is 13.5. The fraction of sp³-hybridized carbons (Fsp3) is 0.188. The molecule has 1 heterocycles. The average Bonchev–Trinajstić information content (AvgIpc) is 2.74. The molecule has 0 spiro atoms. The first kappa shape index (κ1) is 12.7. The lowest BCUT2D eigenvalue weighted by atomic mass is 10.0. The van der Waals surface area contributed by atoms with E-state index in [0.29, 0.717) is 11.5 Å². The third-order valence-electron chi connectivity index (χ3n) is 3.70. The SMILES string of the molecule is Cc1ccccc1C(C)n1c(N)nc2ccc(F)cc21. The van der Waals surface area contributed by atoms with E-state index in [1.807, 2.05) is 23.6 Å². The van der Waals surface area contributed by atoms with E-state index in [9.17, 15) is 4.39 Å². The van der Waals surface area contributed by atoms with Gasteiger partial charge in [0.2, 0.25) is 5.95 Å². The second-order valence-corrected chi connectivity index (χ2v) is 5.01. The highest BCUT2D eigenvalue weighted by atomic mass is 19.1. The van der Waals surface area contributed by atoms with Crippen LogP contribution < -0.4 is 5.73 Å². The Morgan fingerprint density at radius 2 is 1.95 bits per heavy atom. The molecule has 0 saturated heterocycles. The third kappa shape index (κ3) is 1.93. The summed E-state index contributed by atoms with van der Waals surface area (Å²) in [6.07, 6.45) is 0. The normalized spacial score (nSPS) is 12.8. The zero-order chi connectivity index (χ0) is 14.3. The summed E-state index contributed by atoms with van der Waals surface area (Å²) in [5, 5.41) is 0. The number of hydrogen-bond acceptors (Lipinski definition) is 2. The van der Waals surface area contributed by atoms with Crippen molar-refractivity contribution in [3.63, 3.8) is 0 Å². The summed E-state index contributed by atoms with van der Waals surface area (Å²) >= 11 is 0. The van der Waals surface area contributed by atoms with Crippen LogP contribution in [0.1, 0.15) is 24.1 Å². The van der Waals surface area contributed by atoms with Crippen molar-refractivity contribution in [1.29, 1.82) is 0 Å². The highest BCUT2D eigenvalue weighted by Gasteiger charge is 2.17. The van der Waals surface area contributed by atoms with Crippen LogP contribution >= 0.6 is 0 Å². The molecular weight excluding hydrogens is 253 g/mol. The van der Waals surface area contributed by atoms with Gasteiger partial charge in [-0.1, -0.05) is 24.3 Å². The van der Waals surface area contributed by atoms with Crippen LogP contribution in [0.4, 0.5) is 10.3 Å². The molecule has 4 heteroatoms. The van der Waals surface area contributed by atoms with Gasteiger partial charge >= 0.3 is 0 Å². The Labute approximate surface area is 116 Å². The number of aromatic nitrogens is 2. The van der Waals surface area contributed by atoms with E-state index >= 15 is 0 Å². The molecule has 102 valence electrons. The maximum atomic E-state index is 13.5. The first-order valence-corrected chi connectivity index (χ1v) is 6.56. The molecule has 3 aromatic rings. The van der Waals surface area contributed by atoms with Crippen molar-refractivity contribution in [2.75, 3.05) is 5.73 Å². The summed E-state index contributed by atoms with van der Waals surface area (Å²) in [6, 6.07) is 12.7. The Kier molecular flexibility index (Phi) is 2.93. The molecule has 1 aromatic heterocycles. The minimum atomic E-state index is -0.282. The van der Waals surface area contributed by atoms with Gasteiger partial charge in [-0.15, -0.1) is 0 Å². The first-order valence-electron chi connectivity index (χ1n) is 6.56. The van der Waals surface area contributed by atoms with Gasteiger partial charge < -0.3 is 10.3 Å². The number of imidazole rings is 1. The zero-order valence-corrected chi connectivity index (χ0v) is 11.5. The molecule has 0 saturated carbocycles. The Balaban J connectivity index is 2.21. The Bertz CT molecular complexity index is 776. The Morgan fingerprint density at radius 3 is 2.70 bits per heavy atom. The van der Waals surface area contributed by atoms with E-state index < -0.39 is 0 Å². The Morgan fingerprint density at radius 1 is 1.20 bits per heavy atom. The summed E-state index contributed by atoms with van der Waals surface area (Å²) in [4.78, 5) is 4.30. The van der Waals surface area contributed by atoms with E-state index in [1.165, 1.54) is 17.7 Å². The standard InChI is InChI=1S/C16H16FN3/c1-10-5-3-4-6-13(10)11(2)20-15-9-12(17)7-8-14(15)19-16(20)18/h3-9,11H,1-2H3,(H2,18,19). The molecule has 3 nitrogen and oxygen atoms in total. The number of nitrogens with two attached hydrogens (primary N) is 1. The predicted molar refractivity (Wildman–Crippen MR) is 79.1 cm³/mol. The van der Waals surface area contributed by atoms with Crippen molar-refractivity contribution < 1.29 is 4.39 Å². The number of nitrogen functional groups attached to an aromatic ring is 1. The number of fused-ring (bicyclic) bond motifs is 1. The summed E-state index contributed by atoms with van der Waals surface area (Å²) < 4.78 is 15.4. The number of halogens is 1. The highest BCUT2D eigenvalue weighted by molar-refractivity contribution is 5.78. The van der Waals surface area contributed by atoms with E-state index in [1.54, 1.807) is 6.07 Å². The first-order chi connectivity index (χ1) is 9.58. The van der Waals surface area contributed by atoms with Gasteiger partial charge in [-0.05, 0) is 43.2 Å². The molecule has 0 aliphatic carbocycles. The van der Waals surface area contributed by atoms with Crippen molar-refractivity contribution in [3.05, 3.63) is 59.4 Å². The average molecular weight is 269 g/mol. The number of hydrogen-bond donors (Lipinski definition) is 1. The minimum Gasteiger partial charge on any atom is -0.369 e. The molecule has 0 radical (unpaired) electrons. The predicted octanol–water partition coefficient (Wildman–Crippen LogP) is 3.68. The van der Waals surface area contributed by atoms with Crippen LogP contribution in [0.5, 0.6) is 0 Å². The van der Waals surface area contributed by atoms with Gasteiger partial charge in [0.1, 0.15) is 5.82 Å². The van der Waals surface area contributed by atoms with Crippen molar-refractivity contribution in [2.45, 2.75) is 19.9 Å². The van der Waals surface area contributed by atoms with Crippen molar-refractivity contribution in [3.8, 4) is 0 Å². The summed E-state index contributed by atoms with van der Waals surface area (Å²) in [5.41, 5.74) is 9.79. The molecule has 3 rings (SSSR count). The van der Waals surface area contributed by atoms with Gasteiger partial charge in [0, 0.05) is 0 Å². The van der Waals surface area contributed by atoms with Crippen LogP contribution in [0.3, 0.4) is 0 Å². The lowest BCUT2D eigenvalue weighted by Gasteiger charge is -2.18. The van der Waals surface area contributed by atoms with Crippen molar-refractivity contribution >= 4 is 17.0 Å². The molecular formula is C16H16FN3. The van der Waals surface area contributed by atoms with Crippen molar-refractivity contribution in [1.82, 2.24) is 9.55 Å². The van der Waals surface area contributed by atoms with E-state index in [0.717, 1.165) is 11.1 Å². The fourth-order valence-electron chi connectivity index (χ4n) is 2.69. The number of benzene rings is 2. The quantitative estimate of drug-likeness (QED) is 0.771. The molecule has 2 N–H and O–H groups in total. The summed E-state index contributed by atoms with van der Waals surface area (Å²) in [5.74, 6) is 0.122. The summed E-state index contributed by atoms with van der Waals surface area (Å²) in [7, 11) is 0. The van der Waals surface area contributed by atoms with Gasteiger partial charge in [-0.3, -0.25) is 0 Å². The lowest BCUT2D eigenvalue weighted by molar-refractivity contribution is 0.624. The van der Waals surface area contributed by atoms with Crippen LogP contribution in [0.25, 0.3) is 11.0 Å². The molecule has 2 aromatic carbocycles. The Hall–Kier alpha value is -2.36. The van der Waals surface area contributed by atoms with Crippen LogP contribution in [-0.2, 0) is 0 Å². The zero-order valence-electron chi connectivity index (χ0n) is 11.5. The van der Waals surface area contributed by atoms with Gasteiger partial charge in [0.25, 0.3) is 0 Å². The van der Waals surface area contributed by atoms with Crippen molar-refractivity contribution in [2.24, 2.45) is 0 Å².